The van der Waals surface area contributed by atoms with E-state index in [2.05, 4.69) is 19.6 Å². The van der Waals surface area contributed by atoms with Crippen molar-refractivity contribution >= 4 is 24.8 Å². The minimum absolute atomic E-state index is 0.0577. The zero-order chi connectivity index (χ0) is 18.2. The molecule has 1 aliphatic heterocycles. The first-order chi connectivity index (χ1) is 11.8. The van der Waals surface area contributed by atoms with E-state index in [9.17, 15) is 14.3 Å². The normalized spacial score (nSPS) is 26.1. The highest BCUT2D eigenvalue weighted by Gasteiger charge is 2.42. The number of fused-ring (bicyclic) bond motifs is 1. The monoisotopic (exact) mass is 375 g/mol. The van der Waals surface area contributed by atoms with Gasteiger partial charge in [-0.1, -0.05) is 0 Å². The number of hydrogen-bond acceptors (Lipinski definition) is 9. The number of rotatable bonds is 6. The lowest BCUT2D eigenvalue weighted by Crippen LogP contribution is -2.28. The molecule has 3 heterocycles. The molecule has 3 rings (SSSR count). The smallest absolute Gasteiger partial charge is 0.382 e. The van der Waals surface area contributed by atoms with E-state index in [1.54, 1.807) is 0 Å². The first-order valence-corrected chi connectivity index (χ1v) is 8.78. The highest BCUT2D eigenvalue weighted by atomic mass is 31.2. The lowest BCUT2D eigenvalue weighted by molar-refractivity contribution is -0.0554. The van der Waals surface area contributed by atoms with Crippen molar-refractivity contribution in [2.24, 2.45) is 0 Å². The van der Waals surface area contributed by atoms with Gasteiger partial charge in [-0.15, -0.1) is 0 Å². The zero-order valence-electron chi connectivity index (χ0n) is 13.5. The lowest BCUT2D eigenvalue weighted by atomic mass is 10.2. The molecule has 4 N–H and O–H groups in total. The van der Waals surface area contributed by atoms with Crippen LogP contribution in [0.5, 0.6) is 0 Å². The molecule has 12 nitrogen and oxygen atoms in total. The highest BCUT2D eigenvalue weighted by Crippen LogP contribution is 2.47. The maximum Gasteiger partial charge on any atom is 0.472 e. The number of nitrogens with two attached hydrogens (primary N) is 1. The molecule has 2 aromatic heterocycles. The van der Waals surface area contributed by atoms with Gasteiger partial charge in [-0.25, -0.2) is 9.25 Å². The van der Waals surface area contributed by atoms with Gasteiger partial charge in [0, 0.05) is 20.6 Å². The summed E-state index contributed by atoms with van der Waals surface area (Å²) in [6, 6.07) is 0. The van der Waals surface area contributed by atoms with E-state index in [0.717, 1.165) is 7.11 Å². The van der Waals surface area contributed by atoms with Crippen LogP contribution in [0, 0.1) is 0 Å². The van der Waals surface area contributed by atoms with Gasteiger partial charge in [0.1, 0.15) is 17.6 Å². The number of hydrogen-bond donors (Lipinski definition) is 3. The predicted molar refractivity (Wildman–Crippen MR) is 84.7 cm³/mol. The number of nitrogens with zero attached hydrogens (tertiary/aromatic N) is 3. The Labute approximate surface area is 141 Å². The summed E-state index contributed by atoms with van der Waals surface area (Å²) < 4.78 is 33.5. The van der Waals surface area contributed by atoms with Gasteiger partial charge in [0.25, 0.3) is 5.56 Å². The Morgan fingerprint density at radius 2 is 2.32 bits per heavy atom. The van der Waals surface area contributed by atoms with Crippen LogP contribution in [-0.4, -0.2) is 57.7 Å². The average Bonchev–Trinajstić information content (AvgIpc) is 3.12. The topological polar surface area (TPSA) is 164 Å². The third-order valence-corrected chi connectivity index (χ3v) is 4.76. The van der Waals surface area contributed by atoms with Gasteiger partial charge < -0.3 is 20.1 Å². The standard InChI is InChI=1S/C12H18N5O7P/c1-21-5-8-7(24-25(19,20)22-2)3-9(23-8)17-10-6(4-14-17)11(18)16-12(13)15-10/h4,7-9H,3,5H2,1-2H3,(H,19,20)(H3,13,15,16,18)/t7-,8?,9-/m1/s1. The molecule has 0 aromatic carbocycles. The largest absolute Gasteiger partial charge is 0.472 e. The van der Waals surface area contributed by atoms with Crippen molar-refractivity contribution in [3.63, 3.8) is 0 Å². The average molecular weight is 375 g/mol. The van der Waals surface area contributed by atoms with Crippen LogP contribution in [0.1, 0.15) is 12.6 Å². The van der Waals surface area contributed by atoms with E-state index in [4.69, 9.17) is 19.7 Å². The van der Waals surface area contributed by atoms with Gasteiger partial charge in [-0.3, -0.25) is 18.8 Å². The van der Waals surface area contributed by atoms with Crippen LogP contribution in [0.4, 0.5) is 5.95 Å². The molecule has 2 unspecified atom stereocenters. The molecule has 4 atom stereocenters. The molecule has 1 aliphatic rings. The Kier molecular flexibility index (Phi) is 4.91. The second-order valence-corrected chi connectivity index (χ2v) is 6.91. The lowest BCUT2D eigenvalue weighted by Gasteiger charge is -2.19. The number of nitrogens with one attached hydrogen (secondary N) is 1. The molecule has 138 valence electrons. The Bertz CT molecular complexity index is 867. The Hall–Kier alpha value is -1.82. The van der Waals surface area contributed by atoms with E-state index in [-0.39, 0.29) is 30.0 Å². The molecule has 0 radical (unpaired) electrons. The van der Waals surface area contributed by atoms with Gasteiger partial charge in [0.15, 0.2) is 11.9 Å². The van der Waals surface area contributed by atoms with Crippen molar-refractivity contribution in [3.05, 3.63) is 16.6 Å². The van der Waals surface area contributed by atoms with Crippen LogP contribution in [0.25, 0.3) is 11.0 Å². The molecule has 13 heteroatoms. The number of phosphoric acid groups is 1. The zero-order valence-corrected chi connectivity index (χ0v) is 14.4. The molecule has 0 spiro atoms. The SMILES string of the molecule is COCC1O[C@@H](n2ncc3c(=O)[nH]c(N)nc32)C[C@H]1OP(=O)(O)OC. The second-order valence-electron chi connectivity index (χ2n) is 5.39. The summed E-state index contributed by atoms with van der Waals surface area (Å²) in [5.74, 6) is -0.0577. The van der Waals surface area contributed by atoms with Gasteiger partial charge in [-0.2, -0.15) is 10.1 Å². The van der Waals surface area contributed by atoms with Gasteiger partial charge >= 0.3 is 7.82 Å². The molecule has 1 saturated heterocycles. The number of phosphoric ester groups is 1. The number of anilines is 1. The maximum absolute atomic E-state index is 11.9. The fourth-order valence-electron chi connectivity index (χ4n) is 2.65. The summed E-state index contributed by atoms with van der Waals surface area (Å²) in [6.07, 6.45) is -0.584. The summed E-state index contributed by atoms with van der Waals surface area (Å²) >= 11 is 0. The van der Waals surface area contributed by atoms with Gasteiger partial charge in [-0.05, 0) is 0 Å². The van der Waals surface area contributed by atoms with Crippen molar-refractivity contribution < 1.29 is 28.0 Å². The van der Waals surface area contributed by atoms with E-state index in [0.29, 0.717) is 0 Å². The van der Waals surface area contributed by atoms with Crippen molar-refractivity contribution in [1.29, 1.82) is 0 Å². The number of methoxy groups -OCH3 is 1. The summed E-state index contributed by atoms with van der Waals surface area (Å²) in [5, 5.41) is 4.36. The number of nitrogen functional groups attached to an aromatic ring is 1. The van der Waals surface area contributed by atoms with Crippen LogP contribution in [-0.2, 0) is 23.1 Å². The van der Waals surface area contributed by atoms with E-state index >= 15 is 0 Å². The quantitative estimate of drug-likeness (QED) is 0.574. The van der Waals surface area contributed by atoms with Crippen LogP contribution in [0.3, 0.4) is 0 Å². The summed E-state index contributed by atoms with van der Waals surface area (Å²) in [5.41, 5.74) is 5.39. The molecular formula is C12H18N5O7P. The molecule has 1 fully saturated rings. The first kappa shape index (κ1) is 18.0. The Morgan fingerprint density at radius 3 is 3.00 bits per heavy atom. The first-order valence-electron chi connectivity index (χ1n) is 7.29. The second kappa shape index (κ2) is 6.83. The third-order valence-electron chi connectivity index (χ3n) is 3.77. The van der Waals surface area contributed by atoms with Gasteiger partial charge in [0.05, 0.1) is 12.8 Å². The molecule has 0 aliphatic carbocycles. The number of aromatic amines is 1. The van der Waals surface area contributed by atoms with Crippen molar-refractivity contribution in [2.75, 3.05) is 26.6 Å². The molecule has 0 bridgehead atoms. The maximum atomic E-state index is 11.9. The number of ether oxygens (including phenoxy) is 2. The van der Waals surface area contributed by atoms with E-state index in [1.807, 2.05) is 0 Å². The molecule has 2 aromatic rings. The fraction of sp³-hybridized carbons (Fsp3) is 0.583. The van der Waals surface area contributed by atoms with Crippen LogP contribution in [0.2, 0.25) is 0 Å². The fourth-order valence-corrected chi connectivity index (χ4v) is 3.30. The molecule has 0 amide bonds. The Balaban J connectivity index is 1.91. The molecule has 25 heavy (non-hydrogen) atoms. The van der Waals surface area contributed by atoms with Crippen LogP contribution < -0.4 is 11.3 Å². The van der Waals surface area contributed by atoms with Crippen molar-refractivity contribution in [2.45, 2.75) is 24.9 Å². The molecule has 0 saturated carbocycles. The minimum atomic E-state index is -4.21. The van der Waals surface area contributed by atoms with Crippen molar-refractivity contribution in [1.82, 2.24) is 19.7 Å². The Morgan fingerprint density at radius 1 is 1.56 bits per heavy atom. The van der Waals surface area contributed by atoms with Gasteiger partial charge in [0.2, 0.25) is 5.95 Å². The summed E-state index contributed by atoms with van der Waals surface area (Å²) in [7, 11) is -1.67. The number of aromatic nitrogens is 4. The summed E-state index contributed by atoms with van der Waals surface area (Å²) in [6.45, 7) is 0.125. The highest BCUT2D eigenvalue weighted by molar-refractivity contribution is 7.47. The molecular weight excluding hydrogens is 357 g/mol. The predicted octanol–water partition coefficient (Wildman–Crippen LogP) is -0.232. The minimum Gasteiger partial charge on any atom is -0.382 e. The third kappa shape index (κ3) is 3.59. The van der Waals surface area contributed by atoms with E-state index in [1.165, 1.54) is 18.0 Å². The van der Waals surface area contributed by atoms with E-state index < -0.39 is 31.8 Å². The van der Waals surface area contributed by atoms with Crippen molar-refractivity contribution in [3.8, 4) is 0 Å². The van der Waals surface area contributed by atoms with Crippen LogP contribution in [0.15, 0.2) is 11.0 Å². The van der Waals surface area contributed by atoms with Crippen LogP contribution >= 0.6 is 7.82 Å². The number of H-pyrrole nitrogens is 1. The summed E-state index contributed by atoms with van der Waals surface area (Å²) in [4.78, 5) is 27.9.